The summed E-state index contributed by atoms with van der Waals surface area (Å²) < 4.78 is 16.9. The molecule has 2 N–H and O–H groups in total. The molecule has 0 aromatic heterocycles. The number of hydrogen-bond donors (Lipinski definition) is 2. The van der Waals surface area contributed by atoms with Crippen LogP contribution in [0.1, 0.15) is 37.9 Å². The van der Waals surface area contributed by atoms with Gasteiger partial charge in [0.2, 0.25) is 0 Å². The van der Waals surface area contributed by atoms with Crippen LogP contribution in [0.2, 0.25) is 0 Å². The molecule has 0 unspecified atom stereocenters. The summed E-state index contributed by atoms with van der Waals surface area (Å²) in [7, 11) is 0. The minimum absolute atomic E-state index is 0.0525. The van der Waals surface area contributed by atoms with Crippen molar-refractivity contribution >= 4 is 12.0 Å². The van der Waals surface area contributed by atoms with Gasteiger partial charge in [-0.3, -0.25) is 0 Å². The Morgan fingerprint density at radius 2 is 1.74 bits per heavy atom. The van der Waals surface area contributed by atoms with E-state index in [9.17, 15) is 9.59 Å². The van der Waals surface area contributed by atoms with Gasteiger partial charge in [-0.1, -0.05) is 48.5 Å². The summed E-state index contributed by atoms with van der Waals surface area (Å²) in [4.78, 5) is 25.0. The molecule has 7 nitrogen and oxygen atoms in total. The number of allylic oxidation sites excluding steroid dienone is 1. The van der Waals surface area contributed by atoms with Gasteiger partial charge in [0.05, 0.1) is 24.3 Å². The topological polar surface area (TPSA) is 85.9 Å². The zero-order chi connectivity index (χ0) is 22.2. The van der Waals surface area contributed by atoms with E-state index in [1.54, 1.807) is 6.92 Å². The Bertz CT molecular complexity index is 940. The summed E-state index contributed by atoms with van der Waals surface area (Å²) in [5, 5.41) is 5.47. The maximum Gasteiger partial charge on any atom is 0.338 e. The molecule has 0 saturated heterocycles. The van der Waals surface area contributed by atoms with Crippen molar-refractivity contribution in [2.24, 2.45) is 0 Å². The quantitative estimate of drug-likeness (QED) is 0.472. The molecule has 7 heteroatoms. The van der Waals surface area contributed by atoms with Gasteiger partial charge in [-0.15, -0.1) is 0 Å². The van der Waals surface area contributed by atoms with Crippen LogP contribution in [0.5, 0.6) is 5.75 Å². The first-order valence-corrected chi connectivity index (χ1v) is 10.3. The molecule has 3 rings (SSSR count). The van der Waals surface area contributed by atoms with E-state index in [1.807, 2.05) is 68.4 Å². The van der Waals surface area contributed by atoms with Crippen LogP contribution < -0.4 is 15.4 Å². The molecule has 164 valence electrons. The number of rotatable bonds is 9. The molecule has 1 aliphatic heterocycles. The SMILES string of the molecule is CC1=C(C(=O)OCCOC(C)C)[C@@H](c2ccccc2OCc2ccccc2)NC(=O)N1. The van der Waals surface area contributed by atoms with Crippen LogP contribution in [0, 0.1) is 0 Å². The molecule has 2 aromatic carbocycles. The van der Waals surface area contributed by atoms with E-state index in [0.717, 1.165) is 5.56 Å². The van der Waals surface area contributed by atoms with Gasteiger partial charge in [-0.2, -0.15) is 0 Å². The van der Waals surface area contributed by atoms with E-state index in [2.05, 4.69) is 10.6 Å². The maximum atomic E-state index is 12.9. The van der Waals surface area contributed by atoms with Gasteiger partial charge in [0.1, 0.15) is 19.0 Å². The third-order valence-corrected chi connectivity index (χ3v) is 4.72. The van der Waals surface area contributed by atoms with Crippen molar-refractivity contribution in [1.82, 2.24) is 10.6 Å². The normalized spacial score (nSPS) is 16.0. The standard InChI is InChI=1S/C24H28N2O5/c1-16(2)29-13-14-30-23(27)21-17(3)25-24(28)26-22(21)19-11-7-8-12-20(19)31-15-18-9-5-4-6-10-18/h4-12,16,22H,13-15H2,1-3H3,(H2,25,26,28)/t22-/m1/s1. The minimum atomic E-state index is -0.695. The Hall–Kier alpha value is -3.32. The van der Waals surface area contributed by atoms with Crippen molar-refractivity contribution in [1.29, 1.82) is 0 Å². The first-order valence-electron chi connectivity index (χ1n) is 10.3. The molecule has 1 heterocycles. The molecule has 0 aliphatic carbocycles. The molecule has 1 aliphatic rings. The Balaban J connectivity index is 1.81. The van der Waals surface area contributed by atoms with Crippen LogP contribution in [-0.4, -0.2) is 31.3 Å². The van der Waals surface area contributed by atoms with E-state index < -0.39 is 12.0 Å². The van der Waals surface area contributed by atoms with Gasteiger partial charge in [0.15, 0.2) is 0 Å². The lowest BCUT2D eigenvalue weighted by molar-refractivity contribution is -0.141. The lowest BCUT2D eigenvalue weighted by atomic mass is 9.95. The van der Waals surface area contributed by atoms with Crippen molar-refractivity contribution in [2.75, 3.05) is 13.2 Å². The maximum absolute atomic E-state index is 12.9. The largest absolute Gasteiger partial charge is 0.489 e. The van der Waals surface area contributed by atoms with E-state index in [4.69, 9.17) is 14.2 Å². The van der Waals surface area contributed by atoms with Crippen molar-refractivity contribution in [3.05, 3.63) is 77.0 Å². The summed E-state index contributed by atoms with van der Waals surface area (Å²) >= 11 is 0. The second kappa shape index (κ2) is 10.6. The number of urea groups is 1. The number of benzene rings is 2. The predicted molar refractivity (Wildman–Crippen MR) is 116 cm³/mol. The summed E-state index contributed by atoms with van der Waals surface area (Å²) in [6, 6.07) is 16.0. The molecule has 2 amide bonds. The lowest BCUT2D eigenvalue weighted by Gasteiger charge is -2.29. The molecule has 2 aromatic rings. The molecule has 0 fully saturated rings. The average molecular weight is 424 g/mol. The van der Waals surface area contributed by atoms with Gasteiger partial charge in [0, 0.05) is 11.3 Å². The summed E-state index contributed by atoms with van der Waals surface area (Å²) in [6.45, 7) is 6.30. The van der Waals surface area contributed by atoms with E-state index in [0.29, 0.717) is 35.8 Å². The van der Waals surface area contributed by atoms with Crippen LogP contribution in [0.3, 0.4) is 0 Å². The smallest absolute Gasteiger partial charge is 0.338 e. The van der Waals surface area contributed by atoms with Gasteiger partial charge in [-0.25, -0.2) is 9.59 Å². The van der Waals surface area contributed by atoms with Crippen molar-refractivity contribution in [3.8, 4) is 5.75 Å². The summed E-state index contributed by atoms with van der Waals surface area (Å²) in [5.41, 5.74) is 2.47. The first-order chi connectivity index (χ1) is 15.0. The van der Waals surface area contributed by atoms with Crippen LogP contribution in [0.25, 0.3) is 0 Å². The van der Waals surface area contributed by atoms with Gasteiger partial charge in [-0.05, 0) is 32.4 Å². The Morgan fingerprint density at radius 1 is 1.03 bits per heavy atom. The van der Waals surface area contributed by atoms with Crippen LogP contribution in [0.4, 0.5) is 4.79 Å². The Kier molecular flexibility index (Phi) is 7.67. The zero-order valence-electron chi connectivity index (χ0n) is 18.0. The predicted octanol–water partition coefficient (Wildman–Crippen LogP) is 3.86. The number of carbonyl (C=O) groups is 2. The fourth-order valence-corrected chi connectivity index (χ4v) is 3.28. The number of nitrogens with one attached hydrogen (secondary N) is 2. The first kappa shape index (κ1) is 22.4. The van der Waals surface area contributed by atoms with Gasteiger partial charge < -0.3 is 24.8 Å². The third-order valence-electron chi connectivity index (χ3n) is 4.72. The summed E-state index contributed by atoms with van der Waals surface area (Å²) in [6.07, 6.45) is 0.0525. The van der Waals surface area contributed by atoms with Gasteiger partial charge in [0.25, 0.3) is 0 Å². The molecule has 0 bridgehead atoms. The molecule has 31 heavy (non-hydrogen) atoms. The lowest BCUT2D eigenvalue weighted by Crippen LogP contribution is -2.45. The van der Waals surface area contributed by atoms with E-state index >= 15 is 0 Å². The molecule has 0 saturated carbocycles. The number of hydrogen-bond acceptors (Lipinski definition) is 5. The fraction of sp³-hybridized carbons (Fsp3) is 0.333. The Morgan fingerprint density at radius 3 is 2.48 bits per heavy atom. The number of carbonyl (C=O) groups excluding carboxylic acids is 2. The van der Waals surface area contributed by atoms with Crippen LogP contribution >= 0.6 is 0 Å². The second-order valence-corrected chi connectivity index (χ2v) is 7.44. The highest BCUT2D eigenvalue weighted by Gasteiger charge is 2.33. The monoisotopic (exact) mass is 424 g/mol. The third kappa shape index (κ3) is 6.08. The van der Waals surface area contributed by atoms with Crippen LogP contribution in [-0.2, 0) is 20.9 Å². The second-order valence-electron chi connectivity index (χ2n) is 7.44. The fourth-order valence-electron chi connectivity index (χ4n) is 3.28. The number of ether oxygens (including phenoxy) is 3. The average Bonchev–Trinajstić information content (AvgIpc) is 2.75. The molecular weight excluding hydrogens is 396 g/mol. The van der Waals surface area contributed by atoms with E-state index in [-0.39, 0.29) is 18.7 Å². The molecule has 0 radical (unpaired) electrons. The number of amides is 2. The van der Waals surface area contributed by atoms with E-state index in [1.165, 1.54) is 0 Å². The highest BCUT2D eigenvalue weighted by atomic mass is 16.6. The number of esters is 1. The zero-order valence-corrected chi connectivity index (χ0v) is 18.0. The minimum Gasteiger partial charge on any atom is -0.489 e. The van der Waals surface area contributed by atoms with Crippen molar-refractivity contribution < 1.29 is 23.8 Å². The molecule has 1 atom stereocenters. The van der Waals surface area contributed by atoms with Crippen LogP contribution in [0.15, 0.2) is 65.9 Å². The molecule has 0 spiro atoms. The highest BCUT2D eigenvalue weighted by molar-refractivity contribution is 5.95. The van der Waals surface area contributed by atoms with Crippen molar-refractivity contribution in [2.45, 2.75) is 39.5 Å². The molecular formula is C24H28N2O5. The van der Waals surface area contributed by atoms with Gasteiger partial charge >= 0.3 is 12.0 Å². The highest BCUT2D eigenvalue weighted by Crippen LogP contribution is 2.33. The number of para-hydroxylation sites is 1. The summed E-state index contributed by atoms with van der Waals surface area (Å²) in [5.74, 6) is 0.0695. The van der Waals surface area contributed by atoms with Crippen molar-refractivity contribution in [3.63, 3.8) is 0 Å². The Labute approximate surface area is 182 Å².